The molecular weight excluding hydrogens is 390 g/mol. The Labute approximate surface area is 176 Å². The van der Waals surface area contributed by atoms with Gasteiger partial charge >= 0.3 is 0 Å². The summed E-state index contributed by atoms with van der Waals surface area (Å²) in [6.45, 7) is 8.50. The van der Waals surface area contributed by atoms with Crippen LogP contribution in [0.2, 0.25) is 0 Å². The van der Waals surface area contributed by atoms with Gasteiger partial charge in [0.25, 0.3) is 17.7 Å². The Morgan fingerprint density at radius 2 is 1.80 bits per heavy atom. The molecule has 30 heavy (non-hydrogen) atoms. The van der Waals surface area contributed by atoms with Crippen LogP contribution in [-0.2, 0) is 28.7 Å². The molecule has 9 nitrogen and oxygen atoms in total. The Hall–Kier alpha value is -2.52. The van der Waals surface area contributed by atoms with Gasteiger partial charge in [-0.2, -0.15) is 0 Å². The van der Waals surface area contributed by atoms with Crippen LogP contribution in [0, 0.1) is 5.41 Å². The number of amides is 4. The van der Waals surface area contributed by atoms with Crippen molar-refractivity contribution in [2.45, 2.75) is 58.8 Å². The maximum atomic E-state index is 12.4. The molecule has 0 aromatic heterocycles. The van der Waals surface area contributed by atoms with Gasteiger partial charge in [0.1, 0.15) is 6.10 Å². The van der Waals surface area contributed by atoms with Gasteiger partial charge in [-0.25, -0.2) is 0 Å². The topological polar surface area (TPSA) is 114 Å². The minimum atomic E-state index is -0.843. The number of unbranched alkanes of at least 4 members (excludes halogenated alkanes) is 2. The second kappa shape index (κ2) is 9.99. The van der Waals surface area contributed by atoms with Crippen LogP contribution in [0.3, 0.4) is 0 Å². The average Bonchev–Trinajstić information content (AvgIpc) is 2.98. The normalized spacial score (nSPS) is 22.5. The number of imide groups is 1. The third-order valence-electron chi connectivity index (χ3n) is 4.86. The number of carbonyl (C=O) groups is 4. The van der Waals surface area contributed by atoms with Crippen molar-refractivity contribution in [2.24, 2.45) is 5.41 Å². The van der Waals surface area contributed by atoms with Crippen LogP contribution in [0.1, 0.15) is 47.0 Å². The van der Waals surface area contributed by atoms with Crippen molar-refractivity contribution >= 4 is 23.6 Å². The third-order valence-corrected chi connectivity index (χ3v) is 4.86. The van der Waals surface area contributed by atoms with E-state index in [9.17, 15) is 19.2 Å². The summed E-state index contributed by atoms with van der Waals surface area (Å²) in [5.74, 6) is -2.06. The smallest absolute Gasteiger partial charge is 0.253 e. The van der Waals surface area contributed by atoms with Crippen LogP contribution in [0.25, 0.3) is 0 Å². The lowest BCUT2D eigenvalue weighted by Crippen LogP contribution is -2.55. The Kier molecular flexibility index (Phi) is 7.91. The van der Waals surface area contributed by atoms with Gasteiger partial charge in [0, 0.05) is 42.9 Å². The summed E-state index contributed by atoms with van der Waals surface area (Å²) in [4.78, 5) is 48.3. The monoisotopic (exact) mass is 421 g/mol. The van der Waals surface area contributed by atoms with E-state index in [-0.39, 0.29) is 23.6 Å². The zero-order valence-corrected chi connectivity index (χ0v) is 18.0. The lowest BCUT2D eigenvalue weighted by Gasteiger charge is -2.44. The van der Waals surface area contributed by atoms with E-state index >= 15 is 0 Å². The second-order valence-corrected chi connectivity index (χ2v) is 8.53. The van der Waals surface area contributed by atoms with E-state index in [1.807, 2.05) is 13.8 Å². The highest BCUT2D eigenvalue weighted by atomic mass is 16.7. The highest BCUT2D eigenvalue weighted by molar-refractivity contribution is 6.12. The van der Waals surface area contributed by atoms with Crippen molar-refractivity contribution < 1.29 is 28.7 Å². The van der Waals surface area contributed by atoms with Gasteiger partial charge in [-0.05, 0) is 33.1 Å². The van der Waals surface area contributed by atoms with Crippen LogP contribution in [0.5, 0.6) is 0 Å². The lowest BCUT2D eigenvalue weighted by atomic mass is 9.85. The highest BCUT2D eigenvalue weighted by Crippen LogP contribution is 2.34. The molecule has 2 rings (SSSR count). The first-order valence-corrected chi connectivity index (χ1v) is 10.1. The van der Waals surface area contributed by atoms with Crippen molar-refractivity contribution in [1.29, 1.82) is 0 Å². The number of hydrogen-bond acceptors (Lipinski definition) is 6. The summed E-state index contributed by atoms with van der Waals surface area (Å²) in [7, 11) is 0. The number of ether oxygens (including phenoxy) is 2. The van der Waals surface area contributed by atoms with Gasteiger partial charge in [0.05, 0.1) is 6.61 Å². The maximum Gasteiger partial charge on any atom is 0.253 e. The van der Waals surface area contributed by atoms with Crippen LogP contribution in [0.4, 0.5) is 0 Å². The van der Waals surface area contributed by atoms with Gasteiger partial charge in [-0.15, -0.1) is 0 Å². The fourth-order valence-electron chi connectivity index (χ4n) is 3.09. The fraction of sp³-hybridized carbons (Fsp3) is 0.619. The summed E-state index contributed by atoms with van der Waals surface area (Å²) < 4.78 is 11.3. The fourth-order valence-corrected chi connectivity index (χ4v) is 3.09. The molecule has 1 fully saturated rings. The molecular formula is C21H31N3O6. The quantitative estimate of drug-likeness (QED) is 0.326. The van der Waals surface area contributed by atoms with Gasteiger partial charge < -0.3 is 20.1 Å². The van der Waals surface area contributed by atoms with Crippen molar-refractivity contribution in [3.05, 3.63) is 24.4 Å². The van der Waals surface area contributed by atoms with E-state index in [2.05, 4.69) is 10.6 Å². The second-order valence-electron chi connectivity index (χ2n) is 8.53. The minimum absolute atomic E-state index is 0.279. The molecule has 4 amide bonds. The highest BCUT2D eigenvalue weighted by Gasteiger charge is 2.45. The zero-order valence-electron chi connectivity index (χ0n) is 18.0. The van der Waals surface area contributed by atoms with Crippen molar-refractivity contribution in [3.63, 3.8) is 0 Å². The number of nitrogens with one attached hydrogen (secondary N) is 2. The molecule has 2 N–H and O–H groups in total. The van der Waals surface area contributed by atoms with Gasteiger partial charge in [-0.1, -0.05) is 13.8 Å². The molecule has 0 bridgehead atoms. The Balaban J connectivity index is 1.62. The maximum absolute atomic E-state index is 12.4. The molecule has 2 heterocycles. The molecule has 0 aromatic carbocycles. The molecule has 9 heteroatoms. The first kappa shape index (κ1) is 23.8. The zero-order chi connectivity index (χ0) is 22.4. The van der Waals surface area contributed by atoms with Gasteiger partial charge in [-0.3, -0.25) is 24.1 Å². The van der Waals surface area contributed by atoms with E-state index in [0.29, 0.717) is 26.1 Å². The van der Waals surface area contributed by atoms with E-state index < -0.39 is 17.3 Å². The van der Waals surface area contributed by atoms with E-state index in [0.717, 1.165) is 12.8 Å². The van der Waals surface area contributed by atoms with E-state index in [1.54, 1.807) is 13.8 Å². The summed E-state index contributed by atoms with van der Waals surface area (Å²) in [6.07, 6.45) is 6.56. The summed E-state index contributed by atoms with van der Waals surface area (Å²) in [6, 6.07) is 0. The molecule has 0 aromatic rings. The summed E-state index contributed by atoms with van der Waals surface area (Å²) in [5, 5.41) is 5.31. The van der Waals surface area contributed by atoms with Crippen molar-refractivity contribution in [2.75, 3.05) is 19.7 Å². The Bertz CT molecular complexity index is 723. The average molecular weight is 421 g/mol. The predicted octanol–water partition coefficient (Wildman–Crippen LogP) is 1.01. The van der Waals surface area contributed by atoms with E-state index in [1.165, 1.54) is 29.3 Å². The van der Waals surface area contributed by atoms with Crippen LogP contribution < -0.4 is 10.6 Å². The molecule has 166 valence electrons. The van der Waals surface area contributed by atoms with Crippen LogP contribution in [0.15, 0.2) is 24.4 Å². The molecule has 0 radical (unpaired) electrons. The molecule has 0 aliphatic carbocycles. The standard InChI is InChI=1S/C21H31N3O6/c1-20(2)14-29-21(3,4)30-18(20)19(28)23-12-10-15(25)22-11-6-5-7-13-24-16(26)8-9-17(24)27/h8-10,12,18H,5-7,11,13-14H2,1-4H3,(H,22,25)(H,23,28)/b12-10-. The predicted molar refractivity (Wildman–Crippen MR) is 109 cm³/mol. The molecule has 1 saturated heterocycles. The number of rotatable bonds is 9. The van der Waals surface area contributed by atoms with Crippen molar-refractivity contribution in [3.8, 4) is 0 Å². The molecule has 1 unspecified atom stereocenters. The minimum Gasteiger partial charge on any atom is -0.353 e. The number of hydrogen-bond donors (Lipinski definition) is 2. The summed E-state index contributed by atoms with van der Waals surface area (Å²) in [5.41, 5.74) is -0.490. The molecule has 0 spiro atoms. The summed E-state index contributed by atoms with van der Waals surface area (Å²) >= 11 is 0. The van der Waals surface area contributed by atoms with E-state index in [4.69, 9.17) is 9.47 Å². The Morgan fingerprint density at radius 3 is 2.47 bits per heavy atom. The van der Waals surface area contributed by atoms with Crippen molar-refractivity contribution in [1.82, 2.24) is 15.5 Å². The molecule has 0 saturated carbocycles. The van der Waals surface area contributed by atoms with Gasteiger partial charge in [0.2, 0.25) is 5.91 Å². The molecule has 2 aliphatic heterocycles. The molecule has 1 atom stereocenters. The van der Waals surface area contributed by atoms with Crippen LogP contribution >= 0.6 is 0 Å². The number of nitrogens with zero attached hydrogens (tertiary/aromatic N) is 1. The number of carbonyl (C=O) groups excluding carboxylic acids is 4. The Morgan fingerprint density at radius 1 is 1.13 bits per heavy atom. The first-order chi connectivity index (χ1) is 14.0. The van der Waals surface area contributed by atoms with Crippen LogP contribution in [-0.4, -0.2) is 60.1 Å². The lowest BCUT2D eigenvalue weighted by molar-refractivity contribution is -0.303. The SMILES string of the molecule is CC1(C)OCC(C)(C)C(C(=O)N/C=C\C(=O)NCCCCCN2C(=O)C=CC2=O)O1. The third kappa shape index (κ3) is 6.77. The first-order valence-electron chi connectivity index (χ1n) is 10.1. The molecule has 2 aliphatic rings. The largest absolute Gasteiger partial charge is 0.353 e. The van der Waals surface area contributed by atoms with Gasteiger partial charge in [0.15, 0.2) is 5.79 Å².